The Morgan fingerprint density at radius 2 is 1.97 bits per heavy atom. The molecule has 146 valence electrons. The summed E-state index contributed by atoms with van der Waals surface area (Å²) in [6, 6.07) is 17.2. The highest BCUT2D eigenvalue weighted by molar-refractivity contribution is 7.98. The molecular weight excluding hydrogens is 386 g/mol. The fraction of sp³-hybridized carbons (Fsp3) is 0.136. The number of hydrogen-bond donors (Lipinski definition) is 0. The molecule has 2 heterocycles. The number of ether oxygens (including phenoxy) is 1. The van der Waals surface area contributed by atoms with Crippen LogP contribution in [0.1, 0.15) is 21.7 Å². The minimum absolute atomic E-state index is 0.584. The number of aryl methyl sites for hydroxylation is 1. The Hall–Kier alpha value is -3.32. The summed E-state index contributed by atoms with van der Waals surface area (Å²) in [5, 5.41) is 9.60. The van der Waals surface area contributed by atoms with Crippen molar-refractivity contribution in [3.63, 3.8) is 0 Å². The number of thioether (sulfide) groups is 1. The Balaban J connectivity index is 1.73. The molecule has 0 aliphatic rings. The van der Waals surface area contributed by atoms with Gasteiger partial charge in [-0.25, -0.2) is 0 Å². The molecule has 6 nitrogen and oxygen atoms in total. The number of furan rings is 1. The van der Waals surface area contributed by atoms with Gasteiger partial charge in [-0.2, -0.15) is 0 Å². The van der Waals surface area contributed by atoms with Gasteiger partial charge >= 0.3 is 0 Å². The van der Waals surface area contributed by atoms with Gasteiger partial charge in [-0.3, -0.25) is 9.36 Å². The number of aldehydes is 1. The van der Waals surface area contributed by atoms with Gasteiger partial charge in [0.1, 0.15) is 17.8 Å². The number of carbonyl (C=O) groups excluding carboxylic acids is 1. The summed E-state index contributed by atoms with van der Waals surface area (Å²) in [5.74, 6) is 2.82. The van der Waals surface area contributed by atoms with Gasteiger partial charge in [0.25, 0.3) is 0 Å². The number of methoxy groups -OCH3 is 1. The maximum atomic E-state index is 11.2. The van der Waals surface area contributed by atoms with E-state index in [4.69, 9.17) is 9.15 Å². The lowest BCUT2D eigenvalue weighted by atomic mass is 10.1. The minimum Gasteiger partial charge on any atom is -0.496 e. The van der Waals surface area contributed by atoms with Crippen molar-refractivity contribution in [1.29, 1.82) is 0 Å². The smallest absolute Gasteiger partial charge is 0.196 e. The first-order valence-corrected chi connectivity index (χ1v) is 10.00. The molecule has 0 fully saturated rings. The van der Waals surface area contributed by atoms with Crippen LogP contribution in [-0.2, 0) is 5.75 Å². The lowest BCUT2D eigenvalue weighted by Crippen LogP contribution is -2.00. The number of benzene rings is 2. The summed E-state index contributed by atoms with van der Waals surface area (Å²) < 4.78 is 12.9. The zero-order valence-corrected chi connectivity index (χ0v) is 16.8. The second kappa shape index (κ2) is 8.36. The Morgan fingerprint density at radius 1 is 1.14 bits per heavy atom. The molecule has 29 heavy (non-hydrogen) atoms. The molecule has 4 aromatic rings. The van der Waals surface area contributed by atoms with E-state index in [-0.39, 0.29) is 0 Å². The summed E-state index contributed by atoms with van der Waals surface area (Å²) in [7, 11) is 1.62. The number of aromatic nitrogens is 3. The van der Waals surface area contributed by atoms with Crippen LogP contribution in [0, 0.1) is 6.92 Å². The Labute approximate surface area is 172 Å². The summed E-state index contributed by atoms with van der Waals surface area (Å²) in [6.07, 6.45) is 2.48. The van der Waals surface area contributed by atoms with Crippen molar-refractivity contribution in [2.45, 2.75) is 17.8 Å². The monoisotopic (exact) mass is 405 g/mol. The van der Waals surface area contributed by atoms with E-state index in [1.807, 2.05) is 60.0 Å². The topological polar surface area (TPSA) is 70.2 Å². The van der Waals surface area contributed by atoms with E-state index >= 15 is 0 Å². The zero-order valence-electron chi connectivity index (χ0n) is 16.0. The van der Waals surface area contributed by atoms with E-state index in [1.165, 1.54) is 11.8 Å². The maximum absolute atomic E-state index is 11.2. The molecule has 0 bridgehead atoms. The fourth-order valence-electron chi connectivity index (χ4n) is 3.09. The SMILES string of the molecule is COc1ccc(C=O)cc1CSc1nnc(-c2ccoc2C)n1-c1ccccc1. The van der Waals surface area contributed by atoms with Crippen molar-refractivity contribution in [1.82, 2.24) is 14.8 Å². The first-order valence-electron chi connectivity index (χ1n) is 9.01. The summed E-state index contributed by atoms with van der Waals surface area (Å²) in [6.45, 7) is 1.90. The van der Waals surface area contributed by atoms with Gasteiger partial charge in [0, 0.05) is 22.6 Å². The van der Waals surface area contributed by atoms with Crippen LogP contribution in [0.15, 0.2) is 70.4 Å². The molecule has 0 saturated heterocycles. The van der Waals surface area contributed by atoms with Crippen molar-refractivity contribution < 1.29 is 13.9 Å². The molecule has 0 saturated carbocycles. The molecular formula is C22H19N3O3S. The molecule has 0 spiro atoms. The lowest BCUT2D eigenvalue weighted by molar-refractivity contribution is 0.112. The lowest BCUT2D eigenvalue weighted by Gasteiger charge is -2.11. The average molecular weight is 405 g/mol. The molecule has 0 amide bonds. The number of carbonyl (C=O) groups is 1. The normalized spacial score (nSPS) is 10.8. The van der Waals surface area contributed by atoms with Gasteiger partial charge in [0.05, 0.1) is 18.9 Å². The average Bonchev–Trinajstić information content (AvgIpc) is 3.38. The molecule has 0 aliphatic carbocycles. The summed E-state index contributed by atoms with van der Waals surface area (Å²) in [4.78, 5) is 11.2. The van der Waals surface area contributed by atoms with Crippen LogP contribution in [0.25, 0.3) is 17.1 Å². The molecule has 0 aliphatic heterocycles. The highest BCUT2D eigenvalue weighted by Gasteiger charge is 2.19. The first kappa shape index (κ1) is 19.0. The van der Waals surface area contributed by atoms with E-state index in [9.17, 15) is 4.79 Å². The van der Waals surface area contributed by atoms with Crippen LogP contribution in [0.5, 0.6) is 5.75 Å². The van der Waals surface area contributed by atoms with E-state index in [0.717, 1.165) is 45.6 Å². The largest absolute Gasteiger partial charge is 0.496 e. The maximum Gasteiger partial charge on any atom is 0.196 e. The van der Waals surface area contributed by atoms with Crippen LogP contribution >= 0.6 is 11.8 Å². The molecule has 0 unspecified atom stereocenters. The minimum atomic E-state index is 0.584. The third-order valence-corrected chi connectivity index (χ3v) is 5.52. The molecule has 2 aromatic carbocycles. The van der Waals surface area contributed by atoms with Crippen molar-refractivity contribution in [2.75, 3.05) is 7.11 Å². The molecule has 0 N–H and O–H groups in total. The highest BCUT2D eigenvalue weighted by atomic mass is 32.2. The second-order valence-corrected chi connectivity index (χ2v) is 7.29. The van der Waals surface area contributed by atoms with Crippen LogP contribution in [-0.4, -0.2) is 28.2 Å². The molecule has 4 rings (SSSR count). The number of para-hydroxylation sites is 1. The zero-order chi connectivity index (χ0) is 20.2. The number of rotatable bonds is 7. The van der Waals surface area contributed by atoms with E-state index in [2.05, 4.69) is 10.2 Å². The second-order valence-electron chi connectivity index (χ2n) is 6.35. The van der Waals surface area contributed by atoms with E-state index in [1.54, 1.807) is 19.4 Å². The number of hydrogen-bond acceptors (Lipinski definition) is 6. The fourth-order valence-corrected chi connectivity index (χ4v) is 4.02. The third-order valence-electron chi connectivity index (χ3n) is 4.54. The van der Waals surface area contributed by atoms with Crippen LogP contribution in [0.3, 0.4) is 0 Å². The predicted octanol–water partition coefficient (Wildman–Crippen LogP) is 4.95. The van der Waals surface area contributed by atoms with Crippen LogP contribution in [0.4, 0.5) is 0 Å². The highest BCUT2D eigenvalue weighted by Crippen LogP contribution is 2.33. The Kier molecular flexibility index (Phi) is 5.48. The summed E-state index contributed by atoms with van der Waals surface area (Å²) >= 11 is 1.53. The van der Waals surface area contributed by atoms with Crippen molar-refractivity contribution in [3.05, 3.63) is 77.7 Å². The quantitative estimate of drug-likeness (QED) is 0.320. The van der Waals surface area contributed by atoms with Gasteiger partial charge in [-0.05, 0) is 43.3 Å². The Morgan fingerprint density at radius 3 is 2.66 bits per heavy atom. The van der Waals surface area contributed by atoms with Gasteiger partial charge in [-0.1, -0.05) is 30.0 Å². The standard InChI is InChI=1S/C22H19N3O3S/c1-15-19(10-11-28-15)21-23-24-22(25(21)18-6-4-3-5-7-18)29-14-17-12-16(13-26)8-9-20(17)27-2/h3-13H,14H2,1-2H3. The Bertz CT molecular complexity index is 1140. The van der Waals surface area contributed by atoms with Gasteiger partial charge < -0.3 is 9.15 Å². The van der Waals surface area contributed by atoms with Crippen molar-refractivity contribution in [2.24, 2.45) is 0 Å². The molecule has 0 atom stereocenters. The van der Waals surface area contributed by atoms with Crippen LogP contribution in [0.2, 0.25) is 0 Å². The number of nitrogens with zero attached hydrogens (tertiary/aromatic N) is 3. The van der Waals surface area contributed by atoms with E-state index < -0.39 is 0 Å². The van der Waals surface area contributed by atoms with Gasteiger partial charge in [0.15, 0.2) is 11.0 Å². The van der Waals surface area contributed by atoms with Gasteiger partial charge in [-0.15, -0.1) is 10.2 Å². The van der Waals surface area contributed by atoms with Crippen molar-refractivity contribution >= 4 is 18.0 Å². The molecule has 7 heteroatoms. The molecule has 2 aromatic heterocycles. The molecule has 0 radical (unpaired) electrons. The van der Waals surface area contributed by atoms with Crippen LogP contribution < -0.4 is 4.74 Å². The predicted molar refractivity (Wildman–Crippen MR) is 112 cm³/mol. The van der Waals surface area contributed by atoms with Gasteiger partial charge in [0.2, 0.25) is 0 Å². The van der Waals surface area contributed by atoms with Crippen molar-refractivity contribution in [3.8, 4) is 22.8 Å². The van der Waals surface area contributed by atoms with E-state index in [0.29, 0.717) is 11.3 Å². The summed E-state index contributed by atoms with van der Waals surface area (Å²) in [5.41, 5.74) is 3.39. The third kappa shape index (κ3) is 3.82. The first-order chi connectivity index (χ1) is 14.2.